The quantitative estimate of drug-likeness (QED) is 0.127. The van der Waals surface area contributed by atoms with Gasteiger partial charge in [-0.15, -0.1) is 6.58 Å². The van der Waals surface area contributed by atoms with Gasteiger partial charge in [-0.25, -0.2) is 10.4 Å². The van der Waals surface area contributed by atoms with Gasteiger partial charge in [-0.3, -0.25) is 14.2 Å². The van der Waals surface area contributed by atoms with Crippen LogP contribution in [0.25, 0.3) is 16.6 Å². The number of allylic oxidation sites excluding steroid dienone is 1. The number of hydrazone groups is 1. The minimum Gasteiger partial charge on any atom is -0.507 e. The van der Waals surface area contributed by atoms with Crippen molar-refractivity contribution in [3.8, 4) is 11.4 Å². The topological polar surface area (TPSA) is 96.6 Å². The third kappa shape index (κ3) is 5.33. The van der Waals surface area contributed by atoms with E-state index in [1.807, 2.05) is 37.3 Å². The van der Waals surface area contributed by atoms with Crippen LogP contribution in [0.3, 0.4) is 0 Å². The van der Waals surface area contributed by atoms with Crippen molar-refractivity contribution in [2.24, 2.45) is 5.10 Å². The van der Waals surface area contributed by atoms with E-state index in [0.29, 0.717) is 33.7 Å². The summed E-state index contributed by atoms with van der Waals surface area (Å²) in [7, 11) is 0. The average molecular weight is 485 g/mol. The zero-order chi connectivity index (χ0) is 24.8. The van der Waals surface area contributed by atoms with Crippen LogP contribution < -0.4 is 11.0 Å². The number of nitrogens with one attached hydrogen (secondary N) is 1. The predicted octanol–water partition coefficient (Wildman–Crippen LogP) is 4.37. The summed E-state index contributed by atoms with van der Waals surface area (Å²) in [6, 6.07) is 20.0. The molecule has 0 unspecified atom stereocenters. The molecule has 0 aliphatic heterocycles. The Labute approximate surface area is 206 Å². The lowest BCUT2D eigenvalue weighted by molar-refractivity contribution is -0.118. The average Bonchev–Trinajstić information content (AvgIpc) is 2.86. The second-order valence-corrected chi connectivity index (χ2v) is 8.71. The largest absolute Gasteiger partial charge is 0.507 e. The molecule has 0 spiro atoms. The number of hydrogen-bond acceptors (Lipinski definition) is 6. The number of phenolic OH excluding ortho intramolecular Hbond substituents is 1. The van der Waals surface area contributed by atoms with Crippen LogP contribution in [0, 0.1) is 6.92 Å². The molecule has 0 atom stereocenters. The van der Waals surface area contributed by atoms with Crippen molar-refractivity contribution in [2.75, 3.05) is 5.75 Å². The van der Waals surface area contributed by atoms with Crippen molar-refractivity contribution in [2.45, 2.75) is 18.5 Å². The maximum absolute atomic E-state index is 13.3. The van der Waals surface area contributed by atoms with E-state index in [9.17, 15) is 14.7 Å². The zero-order valence-corrected chi connectivity index (χ0v) is 20.0. The monoisotopic (exact) mass is 484 g/mol. The van der Waals surface area contributed by atoms with E-state index in [-0.39, 0.29) is 23.0 Å². The lowest BCUT2D eigenvalue weighted by Crippen LogP contribution is -2.24. The summed E-state index contributed by atoms with van der Waals surface area (Å²) in [5.41, 5.74) is 5.68. The second-order valence-electron chi connectivity index (χ2n) is 7.77. The lowest BCUT2D eigenvalue weighted by Gasteiger charge is -2.14. The number of aromatic nitrogens is 2. The fraction of sp³-hybridized carbons (Fsp3) is 0.111. The molecule has 1 aromatic heterocycles. The molecule has 0 saturated carbocycles. The Hall–Kier alpha value is -4.17. The number of phenols is 1. The summed E-state index contributed by atoms with van der Waals surface area (Å²) in [5, 5.41) is 15.2. The summed E-state index contributed by atoms with van der Waals surface area (Å²) in [5.74, 6) is -0.273. The number of carbonyl (C=O) groups excluding carboxylic acids is 1. The molecule has 7 nitrogen and oxygen atoms in total. The summed E-state index contributed by atoms with van der Waals surface area (Å²) in [4.78, 5) is 30.5. The first-order chi connectivity index (χ1) is 17.0. The van der Waals surface area contributed by atoms with Crippen molar-refractivity contribution in [1.82, 2.24) is 15.0 Å². The highest BCUT2D eigenvalue weighted by molar-refractivity contribution is 7.99. The van der Waals surface area contributed by atoms with Gasteiger partial charge in [0, 0.05) is 5.56 Å². The number of aromatic hydroxyl groups is 1. The summed E-state index contributed by atoms with van der Waals surface area (Å²) < 4.78 is 1.54. The van der Waals surface area contributed by atoms with Crippen LogP contribution in [0.4, 0.5) is 0 Å². The van der Waals surface area contributed by atoms with E-state index in [2.05, 4.69) is 22.1 Å². The first kappa shape index (κ1) is 24.0. The molecular weight excluding hydrogens is 460 g/mol. The Morgan fingerprint density at radius 2 is 1.91 bits per heavy atom. The molecule has 4 rings (SSSR count). The minimum absolute atomic E-state index is 0.00348. The van der Waals surface area contributed by atoms with Gasteiger partial charge in [0.25, 0.3) is 11.5 Å². The third-order valence-electron chi connectivity index (χ3n) is 5.34. The second kappa shape index (κ2) is 10.8. The number of para-hydroxylation sites is 3. The van der Waals surface area contributed by atoms with Crippen molar-refractivity contribution >= 4 is 34.8 Å². The molecule has 176 valence electrons. The Balaban J connectivity index is 1.55. The molecular formula is C27H24N4O3S. The Morgan fingerprint density at radius 1 is 1.14 bits per heavy atom. The van der Waals surface area contributed by atoms with Gasteiger partial charge < -0.3 is 5.11 Å². The van der Waals surface area contributed by atoms with E-state index in [1.54, 1.807) is 47.0 Å². The Morgan fingerprint density at radius 3 is 2.71 bits per heavy atom. The van der Waals surface area contributed by atoms with Crippen LogP contribution in [0.2, 0.25) is 0 Å². The highest BCUT2D eigenvalue weighted by Crippen LogP contribution is 2.23. The van der Waals surface area contributed by atoms with Crippen molar-refractivity contribution in [1.29, 1.82) is 0 Å². The summed E-state index contributed by atoms with van der Waals surface area (Å²) in [6.07, 6.45) is 3.62. The summed E-state index contributed by atoms with van der Waals surface area (Å²) >= 11 is 1.15. The first-order valence-corrected chi connectivity index (χ1v) is 11.9. The molecule has 35 heavy (non-hydrogen) atoms. The lowest BCUT2D eigenvalue weighted by atomic mass is 10.1. The molecule has 2 N–H and O–H groups in total. The predicted molar refractivity (Wildman–Crippen MR) is 141 cm³/mol. The van der Waals surface area contributed by atoms with E-state index in [0.717, 1.165) is 22.9 Å². The molecule has 1 amide bonds. The van der Waals surface area contributed by atoms with Crippen LogP contribution in [-0.2, 0) is 11.2 Å². The van der Waals surface area contributed by atoms with Crippen LogP contribution in [0.1, 0.15) is 16.7 Å². The summed E-state index contributed by atoms with van der Waals surface area (Å²) in [6.45, 7) is 5.60. The normalized spacial score (nSPS) is 11.1. The Bertz CT molecular complexity index is 1490. The molecule has 0 radical (unpaired) electrons. The number of carbonyl (C=O) groups is 1. The number of benzene rings is 3. The van der Waals surface area contributed by atoms with Gasteiger partial charge >= 0.3 is 0 Å². The molecule has 0 aliphatic rings. The molecule has 0 fully saturated rings. The number of nitrogens with zero attached hydrogens (tertiary/aromatic N) is 3. The molecule has 1 heterocycles. The maximum atomic E-state index is 13.3. The minimum atomic E-state index is -0.369. The standard InChI is InChI=1S/C27H24N4O3S/c1-3-9-19-11-8-12-20(25(19)33)16-28-30-24(32)17-35-27-29-22-14-6-5-13-21(22)26(34)31(27)23-15-7-4-10-18(23)2/h3-8,10-16,33H,1,9,17H2,2H3,(H,30,32)/b28-16-. The van der Waals surface area contributed by atoms with E-state index >= 15 is 0 Å². The number of fused-ring (bicyclic) bond motifs is 1. The van der Waals surface area contributed by atoms with E-state index in [4.69, 9.17) is 0 Å². The van der Waals surface area contributed by atoms with Crippen LogP contribution in [0.15, 0.2) is 94.4 Å². The molecule has 0 saturated heterocycles. The van der Waals surface area contributed by atoms with Crippen molar-refractivity contribution < 1.29 is 9.90 Å². The number of rotatable bonds is 8. The number of hydrogen-bond donors (Lipinski definition) is 2. The highest BCUT2D eigenvalue weighted by atomic mass is 32.2. The highest BCUT2D eigenvalue weighted by Gasteiger charge is 2.16. The fourth-order valence-electron chi connectivity index (χ4n) is 3.61. The molecule has 0 aliphatic carbocycles. The number of amides is 1. The molecule has 0 bridgehead atoms. The zero-order valence-electron chi connectivity index (χ0n) is 19.1. The molecule has 3 aromatic carbocycles. The Kier molecular flexibility index (Phi) is 7.42. The fourth-order valence-corrected chi connectivity index (χ4v) is 4.41. The van der Waals surface area contributed by atoms with Crippen LogP contribution in [0.5, 0.6) is 5.75 Å². The van der Waals surface area contributed by atoms with Gasteiger partial charge in [0.15, 0.2) is 5.16 Å². The molecule has 8 heteroatoms. The third-order valence-corrected chi connectivity index (χ3v) is 6.28. The maximum Gasteiger partial charge on any atom is 0.266 e. The van der Waals surface area contributed by atoms with E-state index in [1.165, 1.54) is 6.21 Å². The number of aryl methyl sites for hydroxylation is 1. The first-order valence-electron chi connectivity index (χ1n) is 10.9. The van der Waals surface area contributed by atoms with Crippen molar-refractivity contribution in [3.05, 3.63) is 106 Å². The van der Waals surface area contributed by atoms with Gasteiger partial charge in [0.05, 0.1) is 28.6 Å². The SMILES string of the molecule is C=CCc1cccc(/C=N\NC(=O)CSc2nc3ccccc3c(=O)n2-c2ccccc2C)c1O. The van der Waals surface area contributed by atoms with E-state index < -0.39 is 0 Å². The van der Waals surface area contributed by atoms with Crippen LogP contribution in [-0.4, -0.2) is 32.5 Å². The van der Waals surface area contributed by atoms with Crippen molar-refractivity contribution in [3.63, 3.8) is 0 Å². The molecule has 4 aromatic rings. The van der Waals surface area contributed by atoms with Crippen LogP contribution >= 0.6 is 11.8 Å². The number of thioether (sulfide) groups is 1. The van der Waals surface area contributed by atoms with Gasteiger partial charge in [0.1, 0.15) is 5.75 Å². The van der Waals surface area contributed by atoms with Gasteiger partial charge in [0.2, 0.25) is 0 Å². The van der Waals surface area contributed by atoms with Gasteiger partial charge in [-0.05, 0) is 48.7 Å². The van der Waals surface area contributed by atoms with Gasteiger partial charge in [-0.2, -0.15) is 5.10 Å². The van der Waals surface area contributed by atoms with Gasteiger partial charge in [-0.1, -0.05) is 60.3 Å². The smallest absolute Gasteiger partial charge is 0.266 e.